The van der Waals surface area contributed by atoms with Crippen molar-refractivity contribution in [1.82, 2.24) is 15.0 Å². The Kier molecular flexibility index (Phi) is 5.59. The van der Waals surface area contributed by atoms with E-state index >= 15 is 0 Å². The fraction of sp³-hybridized carbons (Fsp3) is 0.357. The number of hydrogen-bond acceptors (Lipinski definition) is 5. The van der Waals surface area contributed by atoms with Crippen molar-refractivity contribution in [3.63, 3.8) is 0 Å². The minimum atomic E-state index is 0.112. The van der Waals surface area contributed by atoms with E-state index in [2.05, 4.69) is 15.0 Å². The van der Waals surface area contributed by atoms with E-state index in [0.717, 1.165) is 18.7 Å². The van der Waals surface area contributed by atoms with Gasteiger partial charge in [-0.05, 0) is 31.5 Å². The SMILES string of the molecule is CCN(CC)c1nc(Cl)nc(OCc2ccccc2Cl)n1. The fourth-order valence-electron chi connectivity index (χ4n) is 1.79. The Morgan fingerprint density at radius 1 is 1.05 bits per heavy atom. The number of halogens is 2. The molecule has 0 fully saturated rings. The molecular weight excluding hydrogens is 311 g/mol. The third kappa shape index (κ3) is 4.19. The van der Waals surface area contributed by atoms with Gasteiger partial charge in [0, 0.05) is 23.7 Å². The lowest BCUT2D eigenvalue weighted by atomic mass is 10.2. The van der Waals surface area contributed by atoms with Gasteiger partial charge in [0.2, 0.25) is 11.2 Å². The summed E-state index contributed by atoms with van der Waals surface area (Å²) in [6, 6.07) is 7.64. The van der Waals surface area contributed by atoms with Gasteiger partial charge in [0.05, 0.1) is 0 Å². The van der Waals surface area contributed by atoms with E-state index in [-0.39, 0.29) is 17.9 Å². The smallest absolute Gasteiger partial charge is 0.322 e. The molecular formula is C14H16Cl2N4O. The van der Waals surface area contributed by atoms with Crippen LogP contribution < -0.4 is 9.64 Å². The maximum absolute atomic E-state index is 6.08. The second-order valence-electron chi connectivity index (χ2n) is 4.24. The molecule has 0 amide bonds. The second kappa shape index (κ2) is 7.43. The molecule has 5 nitrogen and oxygen atoms in total. The van der Waals surface area contributed by atoms with Gasteiger partial charge in [0.25, 0.3) is 0 Å². The Labute approximate surface area is 133 Å². The molecule has 1 aromatic heterocycles. The minimum absolute atomic E-state index is 0.112. The van der Waals surface area contributed by atoms with Gasteiger partial charge in [-0.3, -0.25) is 0 Å². The maximum atomic E-state index is 6.08. The monoisotopic (exact) mass is 326 g/mol. The first kappa shape index (κ1) is 15.8. The number of benzene rings is 1. The molecule has 0 saturated carbocycles. The van der Waals surface area contributed by atoms with Crippen LogP contribution in [0.4, 0.5) is 5.95 Å². The molecule has 1 aromatic carbocycles. The first-order chi connectivity index (χ1) is 10.1. The molecule has 7 heteroatoms. The molecule has 2 aromatic rings. The van der Waals surface area contributed by atoms with Gasteiger partial charge in [-0.1, -0.05) is 29.8 Å². The molecule has 0 bridgehead atoms. The number of rotatable bonds is 6. The summed E-state index contributed by atoms with van der Waals surface area (Å²) in [4.78, 5) is 14.3. The van der Waals surface area contributed by atoms with Crippen LogP contribution in [0.3, 0.4) is 0 Å². The van der Waals surface area contributed by atoms with Crippen LogP contribution in [0.15, 0.2) is 24.3 Å². The molecule has 0 atom stereocenters. The Hall–Kier alpha value is -1.59. The predicted molar refractivity (Wildman–Crippen MR) is 84.2 cm³/mol. The van der Waals surface area contributed by atoms with Crippen LogP contribution in [0, 0.1) is 0 Å². The summed E-state index contributed by atoms with van der Waals surface area (Å²) in [5, 5.41) is 0.752. The summed E-state index contributed by atoms with van der Waals surface area (Å²) >= 11 is 12.0. The predicted octanol–water partition coefficient (Wildman–Crippen LogP) is 3.60. The van der Waals surface area contributed by atoms with E-state index in [9.17, 15) is 0 Å². The second-order valence-corrected chi connectivity index (χ2v) is 4.98. The van der Waals surface area contributed by atoms with Crippen molar-refractivity contribution in [2.75, 3.05) is 18.0 Å². The molecule has 1 heterocycles. The molecule has 0 radical (unpaired) electrons. The van der Waals surface area contributed by atoms with Crippen LogP contribution in [0.2, 0.25) is 10.3 Å². The van der Waals surface area contributed by atoms with Crippen molar-refractivity contribution < 1.29 is 4.74 Å². The lowest BCUT2D eigenvalue weighted by molar-refractivity contribution is 0.280. The molecule has 0 aliphatic carbocycles. The zero-order chi connectivity index (χ0) is 15.2. The average molecular weight is 327 g/mol. The third-order valence-corrected chi connectivity index (χ3v) is 3.47. The summed E-state index contributed by atoms with van der Waals surface area (Å²) < 4.78 is 5.58. The zero-order valence-electron chi connectivity index (χ0n) is 11.9. The largest absolute Gasteiger partial charge is 0.458 e. The van der Waals surface area contributed by atoms with E-state index in [4.69, 9.17) is 27.9 Å². The van der Waals surface area contributed by atoms with Crippen LogP contribution in [-0.2, 0) is 6.61 Å². The topological polar surface area (TPSA) is 51.1 Å². The normalized spacial score (nSPS) is 10.5. The molecule has 0 saturated heterocycles. The number of anilines is 1. The van der Waals surface area contributed by atoms with Crippen LogP contribution >= 0.6 is 23.2 Å². The molecule has 21 heavy (non-hydrogen) atoms. The average Bonchev–Trinajstić information content (AvgIpc) is 2.47. The molecule has 112 valence electrons. The van der Waals surface area contributed by atoms with Crippen molar-refractivity contribution in [2.45, 2.75) is 20.5 Å². The van der Waals surface area contributed by atoms with Gasteiger partial charge in [0.15, 0.2) is 0 Å². The highest BCUT2D eigenvalue weighted by Gasteiger charge is 2.11. The quantitative estimate of drug-likeness (QED) is 0.811. The Bertz CT molecular complexity index is 605. The Morgan fingerprint density at radius 2 is 1.76 bits per heavy atom. The van der Waals surface area contributed by atoms with E-state index in [1.165, 1.54) is 0 Å². The molecule has 0 unspecified atom stereocenters. The van der Waals surface area contributed by atoms with Crippen LogP contribution in [0.5, 0.6) is 6.01 Å². The number of nitrogens with zero attached hydrogens (tertiary/aromatic N) is 4. The number of ether oxygens (including phenoxy) is 1. The molecule has 0 aliphatic heterocycles. The maximum Gasteiger partial charge on any atom is 0.322 e. The van der Waals surface area contributed by atoms with Crippen LogP contribution in [0.1, 0.15) is 19.4 Å². The summed E-state index contributed by atoms with van der Waals surface area (Å²) in [6.07, 6.45) is 0. The van der Waals surface area contributed by atoms with Crippen molar-refractivity contribution in [3.05, 3.63) is 40.1 Å². The molecule has 0 aliphatic rings. The molecule has 2 rings (SSSR count). The third-order valence-electron chi connectivity index (χ3n) is 2.94. The minimum Gasteiger partial charge on any atom is -0.458 e. The van der Waals surface area contributed by atoms with Gasteiger partial charge in [-0.25, -0.2) is 0 Å². The first-order valence-corrected chi connectivity index (χ1v) is 7.42. The van der Waals surface area contributed by atoms with Gasteiger partial charge < -0.3 is 9.64 Å². The zero-order valence-corrected chi connectivity index (χ0v) is 13.4. The highest BCUT2D eigenvalue weighted by Crippen LogP contribution is 2.19. The Balaban J connectivity index is 2.15. The lowest BCUT2D eigenvalue weighted by Gasteiger charge is -2.18. The van der Waals surface area contributed by atoms with Gasteiger partial charge in [0.1, 0.15) is 6.61 Å². The molecule has 0 spiro atoms. The fourth-order valence-corrected chi connectivity index (χ4v) is 2.13. The van der Waals surface area contributed by atoms with E-state index in [1.807, 2.05) is 43.0 Å². The lowest BCUT2D eigenvalue weighted by Crippen LogP contribution is -2.24. The molecule has 0 N–H and O–H groups in total. The summed E-state index contributed by atoms with van der Waals surface area (Å²) in [7, 11) is 0. The van der Waals surface area contributed by atoms with Crippen molar-refractivity contribution in [3.8, 4) is 6.01 Å². The van der Waals surface area contributed by atoms with Gasteiger partial charge in [-0.2, -0.15) is 15.0 Å². The van der Waals surface area contributed by atoms with Crippen molar-refractivity contribution in [1.29, 1.82) is 0 Å². The first-order valence-electron chi connectivity index (χ1n) is 6.66. The van der Waals surface area contributed by atoms with E-state index in [0.29, 0.717) is 11.0 Å². The summed E-state index contributed by atoms with van der Waals surface area (Å²) in [6.45, 7) is 5.87. The summed E-state index contributed by atoms with van der Waals surface area (Å²) in [5.74, 6) is 0.508. The van der Waals surface area contributed by atoms with Crippen molar-refractivity contribution in [2.24, 2.45) is 0 Å². The highest BCUT2D eigenvalue weighted by atomic mass is 35.5. The summed E-state index contributed by atoms with van der Waals surface area (Å²) in [5.41, 5.74) is 0.861. The van der Waals surface area contributed by atoms with E-state index in [1.54, 1.807) is 0 Å². The Morgan fingerprint density at radius 3 is 2.43 bits per heavy atom. The highest BCUT2D eigenvalue weighted by molar-refractivity contribution is 6.31. The van der Waals surface area contributed by atoms with Gasteiger partial charge in [-0.15, -0.1) is 0 Å². The standard InChI is InChI=1S/C14H16Cl2N4O/c1-3-20(4-2)13-17-12(16)18-14(19-13)21-9-10-7-5-6-8-11(10)15/h5-8H,3-4,9H2,1-2H3. The van der Waals surface area contributed by atoms with Crippen molar-refractivity contribution >= 4 is 29.2 Å². The van der Waals surface area contributed by atoms with Gasteiger partial charge >= 0.3 is 6.01 Å². The number of hydrogen-bond donors (Lipinski definition) is 0. The van der Waals surface area contributed by atoms with Crippen LogP contribution in [0.25, 0.3) is 0 Å². The van der Waals surface area contributed by atoms with E-state index < -0.39 is 0 Å². The van der Waals surface area contributed by atoms with Crippen LogP contribution in [-0.4, -0.2) is 28.0 Å². The number of aromatic nitrogens is 3.